The fourth-order valence-corrected chi connectivity index (χ4v) is 6.79. The number of piperidine rings is 1. The highest BCUT2D eigenvalue weighted by Gasteiger charge is 2.33. The number of hydrogen-bond donors (Lipinski definition) is 1. The Morgan fingerprint density at radius 3 is 2.38 bits per heavy atom. The van der Waals surface area contributed by atoms with Crippen molar-refractivity contribution in [2.45, 2.75) is 31.6 Å². The minimum absolute atomic E-state index is 0.0718. The van der Waals surface area contributed by atoms with Gasteiger partial charge >= 0.3 is 5.97 Å². The number of nitrogens with one attached hydrogen (secondary N) is 1. The van der Waals surface area contributed by atoms with Crippen molar-refractivity contribution in [2.24, 2.45) is 5.92 Å². The minimum Gasteiger partial charge on any atom is -0.494 e. The van der Waals surface area contributed by atoms with Gasteiger partial charge in [0.15, 0.2) is 0 Å². The van der Waals surface area contributed by atoms with Gasteiger partial charge in [-0.2, -0.15) is 14.7 Å². The number of nitriles is 1. The minimum atomic E-state index is -3.89. The molecule has 0 unspecified atom stereocenters. The van der Waals surface area contributed by atoms with Gasteiger partial charge in [-0.3, -0.25) is 9.59 Å². The van der Waals surface area contributed by atoms with Crippen LogP contribution in [0.3, 0.4) is 0 Å². The molecule has 1 amide bonds. The maximum Gasteiger partial charge on any atom is 0.309 e. The molecule has 0 bridgehead atoms. The number of rotatable bonds is 11. The van der Waals surface area contributed by atoms with Gasteiger partial charge in [0.2, 0.25) is 10.0 Å². The SMILES string of the molecule is CCOC(=O)C1CCN(S(=O)(=O)c2cccc(-c3nn(-c4ccccc4)cc3/C=C(/C#N)C(=O)Nc3ccc(OCC)cc3)c2)CC1. The second-order valence-corrected chi connectivity index (χ2v) is 12.7. The molecule has 1 aliphatic rings. The average Bonchev–Trinajstić information content (AvgIpc) is 3.52. The molecule has 1 aromatic heterocycles. The van der Waals surface area contributed by atoms with Gasteiger partial charge in [-0.15, -0.1) is 0 Å². The second-order valence-electron chi connectivity index (χ2n) is 10.8. The molecule has 0 saturated carbocycles. The van der Waals surface area contributed by atoms with Crippen molar-refractivity contribution in [3.63, 3.8) is 0 Å². The molecule has 4 aromatic rings. The van der Waals surface area contributed by atoms with E-state index in [2.05, 4.69) is 5.32 Å². The first-order valence-corrected chi connectivity index (χ1v) is 16.8. The van der Waals surface area contributed by atoms with Gasteiger partial charge in [-0.1, -0.05) is 30.3 Å². The predicted octanol–water partition coefficient (Wildman–Crippen LogP) is 5.45. The Morgan fingerprint density at radius 1 is 1.00 bits per heavy atom. The second kappa shape index (κ2) is 14.9. The van der Waals surface area contributed by atoms with Crippen LogP contribution >= 0.6 is 0 Å². The van der Waals surface area contributed by atoms with E-state index in [0.717, 1.165) is 5.69 Å². The van der Waals surface area contributed by atoms with Crippen LogP contribution in [0.1, 0.15) is 32.3 Å². The Labute approximate surface area is 274 Å². The molecule has 0 atom stereocenters. The van der Waals surface area contributed by atoms with E-state index in [-0.39, 0.29) is 42.1 Å². The Kier molecular flexibility index (Phi) is 10.5. The molecule has 12 heteroatoms. The van der Waals surface area contributed by atoms with E-state index in [4.69, 9.17) is 14.6 Å². The fourth-order valence-electron chi connectivity index (χ4n) is 5.28. The molecular formula is C35H35N5O6S. The van der Waals surface area contributed by atoms with Crippen molar-refractivity contribution in [3.05, 3.63) is 96.2 Å². The third-order valence-corrected chi connectivity index (χ3v) is 9.57. The summed E-state index contributed by atoms with van der Waals surface area (Å²) in [6.45, 7) is 4.81. The quantitative estimate of drug-likeness (QED) is 0.128. The van der Waals surface area contributed by atoms with Gasteiger partial charge in [-0.25, -0.2) is 13.1 Å². The van der Waals surface area contributed by atoms with Crippen molar-refractivity contribution in [1.29, 1.82) is 5.26 Å². The summed E-state index contributed by atoms with van der Waals surface area (Å²) in [5.74, 6) is -0.585. The van der Waals surface area contributed by atoms with Crippen LogP contribution in [-0.2, 0) is 24.3 Å². The molecule has 11 nitrogen and oxygen atoms in total. The van der Waals surface area contributed by atoms with Crippen LogP contribution in [0, 0.1) is 17.2 Å². The smallest absolute Gasteiger partial charge is 0.309 e. The number of ether oxygens (including phenoxy) is 2. The van der Waals surface area contributed by atoms with Crippen molar-refractivity contribution < 1.29 is 27.5 Å². The van der Waals surface area contributed by atoms with Gasteiger partial charge in [0, 0.05) is 36.1 Å². The number of para-hydroxylation sites is 1. The van der Waals surface area contributed by atoms with Gasteiger partial charge in [0.05, 0.1) is 29.7 Å². The van der Waals surface area contributed by atoms with Crippen molar-refractivity contribution >= 4 is 33.7 Å². The maximum atomic E-state index is 13.7. The summed E-state index contributed by atoms with van der Waals surface area (Å²) in [5, 5.41) is 17.5. The lowest BCUT2D eigenvalue weighted by molar-refractivity contribution is -0.149. The lowest BCUT2D eigenvalue weighted by Crippen LogP contribution is -2.40. The molecule has 5 rings (SSSR count). The highest BCUT2D eigenvalue weighted by molar-refractivity contribution is 7.89. The molecule has 3 aromatic carbocycles. The van der Waals surface area contributed by atoms with Gasteiger partial charge in [0.1, 0.15) is 23.1 Å². The standard InChI is InChI=1S/C35H35N5O6S/c1-3-45-31-15-13-29(14-16-31)37-34(41)27(23-36)21-28-24-40(30-10-6-5-7-11-30)38-33(28)26-9-8-12-32(22-26)47(43,44)39-19-17-25(18-20-39)35(42)46-4-2/h5-16,21-22,24-25H,3-4,17-20H2,1-2H3,(H,37,41)/b27-21-. The molecular weight excluding hydrogens is 618 g/mol. The molecule has 1 saturated heterocycles. The summed E-state index contributed by atoms with van der Waals surface area (Å²) >= 11 is 0. The number of amides is 1. The highest BCUT2D eigenvalue weighted by atomic mass is 32.2. The van der Waals surface area contributed by atoms with Crippen LogP contribution in [0.25, 0.3) is 23.0 Å². The largest absolute Gasteiger partial charge is 0.494 e. The molecule has 1 aliphatic heterocycles. The van der Waals surface area contributed by atoms with Crippen LogP contribution in [0.2, 0.25) is 0 Å². The molecule has 47 heavy (non-hydrogen) atoms. The third-order valence-electron chi connectivity index (χ3n) is 7.67. The normalized spacial score (nSPS) is 14.3. The first-order chi connectivity index (χ1) is 22.7. The van der Waals surface area contributed by atoms with Gasteiger partial charge in [-0.05, 0) is 81.3 Å². The fraction of sp³-hybridized carbons (Fsp3) is 0.257. The molecule has 0 spiro atoms. The molecule has 242 valence electrons. The topological polar surface area (TPSA) is 144 Å². The van der Waals surface area contributed by atoms with E-state index in [1.54, 1.807) is 54.2 Å². The zero-order valence-corrected chi connectivity index (χ0v) is 26.9. The maximum absolute atomic E-state index is 13.7. The average molecular weight is 654 g/mol. The zero-order chi connectivity index (χ0) is 33.4. The summed E-state index contributed by atoms with van der Waals surface area (Å²) in [6, 6.07) is 24.5. The van der Waals surface area contributed by atoms with Crippen molar-refractivity contribution in [3.8, 4) is 28.8 Å². The number of nitrogens with zero attached hydrogens (tertiary/aromatic N) is 4. The van der Waals surface area contributed by atoms with E-state index in [9.17, 15) is 23.3 Å². The van der Waals surface area contributed by atoms with Gasteiger partial charge < -0.3 is 14.8 Å². The van der Waals surface area contributed by atoms with Crippen molar-refractivity contribution in [1.82, 2.24) is 14.1 Å². The number of aromatic nitrogens is 2. The summed E-state index contributed by atoms with van der Waals surface area (Å²) in [7, 11) is -3.89. The number of benzene rings is 3. The van der Waals surface area contributed by atoms with E-state index >= 15 is 0 Å². The van der Waals surface area contributed by atoms with E-state index < -0.39 is 15.9 Å². The number of sulfonamides is 1. The number of esters is 1. The predicted molar refractivity (Wildman–Crippen MR) is 177 cm³/mol. The van der Waals surface area contributed by atoms with Crippen LogP contribution < -0.4 is 10.1 Å². The first-order valence-electron chi connectivity index (χ1n) is 15.3. The number of carbonyl (C=O) groups excluding carboxylic acids is 2. The summed E-state index contributed by atoms with van der Waals surface area (Å²) in [4.78, 5) is 25.4. The van der Waals surface area contributed by atoms with Crippen LogP contribution in [0.4, 0.5) is 5.69 Å². The summed E-state index contributed by atoms with van der Waals surface area (Å²) in [5.41, 5.74) is 2.37. The van der Waals surface area contributed by atoms with Gasteiger partial charge in [0.25, 0.3) is 5.91 Å². The summed E-state index contributed by atoms with van der Waals surface area (Å²) in [6.07, 6.45) is 3.88. The van der Waals surface area contributed by atoms with E-state index in [1.807, 2.05) is 43.3 Å². The van der Waals surface area contributed by atoms with Crippen LogP contribution in [0.5, 0.6) is 5.75 Å². The molecule has 1 N–H and O–H groups in total. The van der Waals surface area contributed by atoms with E-state index in [1.165, 1.54) is 22.5 Å². The first kappa shape index (κ1) is 33.1. The number of anilines is 1. The number of carbonyl (C=O) groups is 2. The number of hydrogen-bond acceptors (Lipinski definition) is 8. The van der Waals surface area contributed by atoms with E-state index in [0.29, 0.717) is 47.7 Å². The molecule has 0 aliphatic carbocycles. The highest BCUT2D eigenvalue weighted by Crippen LogP contribution is 2.30. The van der Waals surface area contributed by atoms with Crippen LogP contribution in [0.15, 0.2) is 95.5 Å². The third kappa shape index (κ3) is 7.77. The Balaban J connectivity index is 1.46. The lowest BCUT2D eigenvalue weighted by Gasteiger charge is -2.30. The van der Waals surface area contributed by atoms with Crippen LogP contribution in [-0.4, -0.2) is 60.7 Å². The Bertz CT molecular complexity index is 1910. The zero-order valence-electron chi connectivity index (χ0n) is 26.1. The molecule has 1 fully saturated rings. The molecule has 0 radical (unpaired) electrons. The Morgan fingerprint density at radius 2 is 1.72 bits per heavy atom. The Hall–Kier alpha value is -5.25. The lowest BCUT2D eigenvalue weighted by atomic mass is 9.98. The van der Waals surface area contributed by atoms with Crippen molar-refractivity contribution in [2.75, 3.05) is 31.6 Å². The monoisotopic (exact) mass is 653 g/mol. The summed E-state index contributed by atoms with van der Waals surface area (Å²) < 4.78 is 41.0. The molecule has 2 heterocycles.